The van der Waals surface area contributed by atoms with Gasteiger partial charge in [0.15, 0.2) is 0 Å². The fourth-order valence-electron chi connectivity index (χ4n) is 2.13. The van der Waals surface area contributed by atoms with Crippen LogP contribution in [0.4, 0.5) is 0 Å². The van der Waals surface area contributed by atoms with Crippen LogP contribution in [0, 0.1) is 0 Å². The first-order valence-corrected chi connectivity index (χ1v) is 7.16. The number of rotatable bonds is 3. The van der Waals surface area contributed by atoms with Gasteiger partial charge in [-0.15, -0.1) is 0 Å². The molecule has 1 atom stereocenters. The molecule has 1 saturated heterocycles. The number of methoxy groups -OCH3 is 1. The number of esters is 1. The van der Waals surface area contributed by atoms with Crippen LogP contribution in [0.2, 0.25) is 0 Å². The van der Waals surface area contributed by atoms with Gasteiger partial charge in [-0.25, -0.2) is 8.42 Å². The van der Waals surface area contributed by atoms with E-state index in [1.54, 1.807) is 18.2 Å². The van der Waals surface area contributed by atoms with E-state index in [0.717, 1.165) is 0 Å². The lowest BCUT2D eigenvalue weighted by molar-refractivity contribution is -0.144. The van der Waals surface area contributed by atoms with Crippen molar-refractivity contribution in [2.24, 2.45) is 0 Å². The van der Waals surface area contributed by atoms with Crippen LogP contribution in [0.3, 0.4) is 0 Å². The van der Waals surface area contributed by atoms with Crippen molar-refractivity contribution in [3.05, 3.63) is 30.3 Å². The third kappa shape index (κ3) is 2.26. The topological polar surface area (TPSA) is 63.7 Å². The molecule has 1 aromatic rings. The van der Waals surface area contributed by atoms with Crippen molar-refractivity contribution in [2.45, 2.75) is 23.8 Å². The summed E-state index contributed by atoms with van der Waals surface area (Å²) in [5.41, 5.74) is 0. The molecule has 0 spiro atoms. The number of hydrogen-bond donors (Lipinski definition) is 0. The minimum atomic E-state index is -3.61. The highest BCUT2D eigenvalue weighted by atomic mass is 32.2. The molecule has 0 aromatic heterocycles. The van der Waals surface area contributed by atoms with Crippen molar-refractivity contribution in [1.29, 1.82) is 0 Å². The van der Waals surface area contributed by atoms with Gasteiger partial charge in [-0.05, 0) is 25.0 Å². The van der Waals surface area contributed by atoms with E-state index in [-0.39, 0.29) is 4.90 Å². The Morgan fingerprint density at radius 3 is 2.61 bits per heavy atom. The Kier molecular flexibility index (Phi) is 3.68. The number of hydrogen-bond acceptors (Lipinski definition) is 4. The number of carbonyl (C=O) groups is 1. The first-order chi connectivity index (χ1) is 8.57. The molecule has 1 aromatic carbocycles. The Bertz CT molecular complexity index is 526. The monoisotopic (exact) mass is 269 g/mol. The highest BCUT2D eigenvalue weighted by Crippen LogP contribution is 2.26. The summed E-state index contributed by atoms with van der Waals surface area (Å²) in [5.74, 6) is -0.494. The van der Waals surface area contributed by atoms with E-state index in [1.165, 1.54) is 23.5 Å². The Morgan fingerprint density at radius 2 is 2.00 bits per heavy atom. The highest BCUT2D eigenvalue weighted by molar-refractivity contribution is 7.89. The summed E-state index contributed by atoms with van der Waals surface area (Å²) in [6, 6.07) is 7.44. The smallest absolute Gasteiger partial charge is 0.324 e. The van der Waals surface area contributed by atoms with Crippen molar-refractivity contribution < 1.29 is 17.9 Å². The van der Waals surface area contributed by atoms with Crippen molar-refractivity contribution in [2.75, 3.05) is 13.7 Å². The quantitative estimate of drug-likeness (QED) is 0.768. The zero-order valence-corrected chi connectivity index (χ0v) is 10.9. The van der Waals surface area contributed by atoms with Gasteiger partial charge in [0.25, 0.3) is 0 Å². The first-order valence-electron chi connectivity index (χ1n) is 5.72. The van der Waals surface area contributed by atoms with Crippen molar-refractivity contribution in [3.63, 3.8) is 0 Å². The van der Waals surface area contributed by atoms with Crippen molar-refractivity contribution >= 4 is 16.0 Å². The lowest BCUT2D eigenvalue weighted by Crippen LogP contribution is -2.40. The van der Waals surface area contributed by atoms with Crippen LogP contribution in [-0.2, 0) is 19.6 Å². The maximum Gasteiger partial charge on any atom is 0.324 e. The van der Waals surface area contributed by atoms with Crippen LogP contribution in [-0.4, -0.2) is 38.4 Å². The zero-order valence-electron chi connectivity index (χ0n) is 10.1. The third-order valence-corrected chi connectivity index (χ3v) is 4.95. The predicted octanol–water partition coefficient (Wildman–Crippen LogP) is 1.01. The van der Waals surface area contributed by atoms with E-state index in [0.29, 0.717) is 19.4 Å². The van der Waals surface area contributed by atoms with Gasteiger partial charge in [0.05, 0.1) is 12.0 Å². The Hall–Kier alpha value is -1.40. The maximum atomic E-state index is 12.4. The molecule has 0 amide bonds. The molecule has 0 saturated carbocycles. The molecular weight excluding hydrogens is 254 g/mol. The summed E-state index contributed by atoms with van der Waals surface area (Å²) in [6.07, 6.45) is 1.19. The number of ether oxygens (including phenoxy) is 1. The number of sulfonamides is 1. The maximum absolute atomic E-state index is 12.4. The van der Waals surface area contributed by atoms with Gasteiger partial charge in [-0.2, -0.15) is 4.31 Å². The van der Waals surface area contributed by atoms with Crippen LogP contribution >= 0.6 is 0 Å². The molecule has 1 aliphatic heterocycles. The second-order valence-corrected chi connectivity index (χ2v) is 6.00. The van der Waals surface area contributed by atoms with Crippen LogP contribution < -0.4 is 0 Å². The molecule has 18 heavy (non-hydrogen) atoms. The lowest BCUT2D eigenvalue weighted by atomic mass is 10.2. The van der Waals surface area contributed by atoms with Crippen LogP contribution in [0.1, 0.15) is 12.8 Å². The lowest BCUT2D eigenvalue weighted by Gasteiger charge is -2.21. The van der Waals surface area contributed by atoms with Gasteiger partial charge in [0.1, 0.15) is 6.04 Å². The second kappa shape index (κ2) is 5.07. The average Bonchev–Trinajstić information content (AvgIpc) is 2.89. The van der Waals surface area contributed by atoms with Crippen LogP contribution in [0.25, 0.3) is 0 Å². The van der Waals surface area contributed by atoms with Gasteiger partial charge in [-0.1, -0.05) is 18.2 Å². The third-order valence-electron chi connectivity index (χ3n) is 3.03. The normalized spacial score (nSPS) is 20.8. The van der Waals surface area contributed by atoms with E-state index in [9.17, 15) is 13.2 Å². The number of nitrogens with zero attached hydrogens (tertiary/aromatic N) is 1. The molecule has 98 valence electrons. The Morgan fingerprint density at radius 1 is 1.33 bits per heavy atom. The summed E-state index contributed by atoms with van der Waals surface area (Å²) in [7, 11) is -2.34. The summed E-state index contributed by atoms with van der Waals surface area (Å²) < 4.78 is 30.6. The minimum Gasteiger partial charge on any atom is -0.468 e. The van der Waals surface area contributed by atoms with Crippen LogP contribution in [0.15, 0.2) is 35.2 Å². The number of benzene rings is 1. The minimum absolute atomic E-state index is 0.209. The molecule has 0 bridgehead atoms. The molecule has 6 heteroatoms. The molecule has 0 radical (unpaired) electrons. The van der Waals surface area contributed by atoms with Gasteiger partial charge in [0, 0.05) is 6.54 Å². The molecule has 0 aliphatic carbocycles. The van der Waals surface area contributed by atoms with Gasteiger partial charge in [0.2, 0.25) is 10.0 Å². The first kappa shape index (κ1) is 13.0. The largest absolute Gasteiger partial charge is 0.468 e. The van der Waals surface area contributed by atoms with Crippen LogP contribution in [0.5, 0.6) is 0 Å². The van der Waals surface area contributed by atoms with Crippen molar-refractivity contribution in [1.82, 2.24) is 4.31 Å². The molecule has 0 N–H and O–H groups in total. The van der Waals surface area contributed by atoms with E-state index in [2.05, 4.69) is 4.74 Å². The Balaban J connectivity index is 2.33. The molecule has 1 fully saturated rings. The fraction of sp³-hybridized carbons (Fsp3) is 0.417. The molecular formula is C12H15NO4S. The average molecular weight is 269 g/mol. The fourth-order valence-corrected chi connectivity index (χ4v) is 3.80. The summed E-state index contributed by atoms with van der Waals surface area (Å²) in [4.78, 5) is 11.8. The van der Waals surface area contributed by atoms with Gasteiger partial charge < -0.3 is 4.74 Å². The SMILES string of the molecule is COC(=O)[C@@H]1CCCN1S(=O)(=O)c1ccccc1. The molecule has 1 heterocycles. The summed E-state index contributed by atoms with van der Waals surface area (Å²) in [6.45, 7) is 0.358. The second-order valence-electron chi connectivity index (χ2n) is 4.11. The van der Waals surface area contributed by atoms with Gasteiger partial charge >= 0.3 is 5.97 Å². The standard InChI is InChI=1S/C12H15NO4S/c1-17-12(14)11-8-5-9-13(11)18(15,16)10-6-3-2-4-7-10/h2-4,6-7,11H,5,8-9H2,1H3/t11-/m0/s1. The molecule has 2 rings (SSSR count). The van der Waals surface area contributed by atoms with E-state index in [1.807, 2.05) is 0 Å². The summed E-state index contributed by atoms with van der Waals surface area (Å²) in [5, 5.41) is 0. The van der Waals surface area contributed by atoms with E-state index in [4.69, 9.17) is 0 Å². The van der Waals surface area contributed by atoms with Gasteiger partial charge in [-0.3, -0.25) is 4.79 Å². The van der Waals surface area contributed by atoms with Crippen molar-refractivity contribution in [3.8, 4) is 0 Å². The molecule has 5 nitrogen and oxygen atoms in total. The Labute approximate surface area is 106 Å². The predicted molar refractivity (Wildman–Crippen MR) is 65.4 cm³/mol. The number of carbonyl (C=O) groups excluding carboxylic acids is 1. The molecule has 0 unspecified atom stereocenters. The summed E-state index contributed by atoms with van der Waals surface area (Å²) >= 11 is 0. The zero-order chi connectivity index (χ0) is 13.2. The van der Waals surface area contributed by atoms with E-state index < -0.39 is 22.0 Å². The highest BCUT2D eigenvalue weighted by Gasteiger charge is 2.39. The van der Waals surface area contributed by atoms with E-state index >= 15 is 0 Å². The molecule has 1 aliphatic rings.